The number of hydrogen-bond acceptors (Lipinski definition) is 4. The molecule has 0 aromatic carbocycles. The largest absolute Gasteiger partial charge is 0.395 e. The van der Waals surface area contributed by atoms with E-state index in [1.165, 1.54) is 0 Å². The fourth-order valence-corrected chi connectivity index (χ4v) is 1.55. The smallest absolute Gasteiger partial charge is 0.116 e. The molecule has 0 aliphatic rings. The van der Waals surface area contributed by atoms with Crippen molar-refractivity contribution >= 4 is 11.0 Å². The van der Waals surface area contributed by atoms with E-state index in [1.807, 2.05) is 13.1 Å². The molecule has 0 atom stereocenters. The van der Waals surface area contributed by atoms with Crippen molar-refractivity contribution < 1.29 is 5.11 Å². The van der Waals surface area contributed by atoms with Gasteiger partial charge in [-0.05, 0) is 6.92 Å². The molecule has 0 saturated heterocycles. The molecule has 0 saturated carbocycles. The first-order chi connectivity index (χ1) is 7.33. The van der Waals surface area contributed by atoms with Gasteiger partial charge in [0, 0.05) is 24.8 Å². The number of H-pyrrole nitrogens is 1. The number of nitrogens with one attached hydrogen (secondary N) is 2. The van der Waals surface area contributed by atoms with E-state index in [0.29, 0.717) is 13.1 Å². The third-order valence-electron chi connectivity index (χ3n) is 2.34. The lowest BCUT2D eigenvalue weighted by atomic mass is 10.2. The Morgan fingerprint density at radius 3 is 3.13 bits per heavy atom. The van der Waals surface area contributed by atoms with Crippen LogP contribution in [0.1, 0.15) is 11.3 Å². The maximum absolute atomic E-state index is 8.66. The predicted octanol–water partition coefficient (Wildman–Crippen LogP) is 0.348. The highest BCUT2D eigenvalue weighted by Gasteiger charge is 2.06. The zero-order chi connectivity index (χ0) is 10.7. The summed E-state index contributed by atoms with van der Waals surface area (Å²) in [6.07, 6.45) is 3.50. The Hall–Kier alpha value is -1.46. The Labute approximate surface area is 87.6 Å². The van der Waals surface area contributed by atoms with E-state index in [0.717, 1.165) is 22.3 Å². The van der Waals surface area contributed by atoms with Crippen molar-refractivity contribution in [3.63, 3.8) is 0 Å². The first-order valence-corrected chi connectivity index (χ1v) is 4.92. The molecule has 0 aliphatic carbocycles. The summed E-state index contributed by atoms with van der Waals surface area (Å²) in [5.41, 5.74) is 3.99. The van der Waals surface area contributed by atoms with Gasteiger partial charge in [-0.1, -0.05) is 0 Å². The number of aliphatic hydroxyl groups is 1. The predicted molar refractivity (Wildman–Crippen MR) is 57.4 cm³/mol. The van der Waals surface area contributed by atoms with Crippen LogP contribution in [0, 0.1) is 6.92 Å². The zero-order valence-corrected chi connectivity index (χ0v) is 8.62. The zero-order valence-electron chi connectivity index (χ0n) is 8.62. The quantitative estimate of drug-likeness (QED) is 0.631. The maximum atomic E-state index is 8.66. The minimum absolute atomic E-state index is 0.149. The van der Waals surface area contributed by atoms with Crippen LogP contribution in [-0.2, 0) is 6.54 Å². The fraction of sp³-hybridized carbons (Fsp3) is 0.400. The van der Waals surface area contributed by atoms with Crippen molar-refractivity contribution in [1.82, 2.24) is 20.3 Å². The van der Waals surface area contributed by atoms with Gasteiger partial charge in [-0.25, -0.2) is 9.97 Å². The molecule has 3 N–H and O–H groups in total. The monoisotopic (exact) mass is 206 g/mol. The van der Waals surface area contributed by atoms with Gasteiger partial charge in [0.2, 0.25) is 0 Å². The van der Waals surface area contributed by atoms with Gasteiger partial charge in [0.15, 0.2) is 0 Å². The van der Waals surface area contributed by atoms with E-state index >= 15 is 0 Å². The second-order valence-electron chi connectivity index (χ2n) is 3.40. The first-order valence-electron chi connectivity index (χ1n) is 4.92. The Bertz CT molecular complexity index is 452. The number of rotatable bonds is 4. The standard InChI is InChI=1S/C10H14N4O/c1-7-9-10(14-6-13-7)8(5-12-9)4-11-2-3-15/h5-6,11-12,15H,2-4H2,1H3. The summed E-state index contributed by atoms with van der Waals surface area (Å²) in [7, 11) is 0. The average molecular weight is 206 g/mol. The SMILES string of the molecule is Cc1ncnc2c(CNCCO)c[nH]c12. The van der Waals surface area contributed by atoms with Crippen LogP contribution in [0.3, 0.4) is 0 Å². The van der Waals surface area contributed by atoms with E-state index in [9.17, 15) is 0 Å². The molecule has 2 heterocycles. The second kappa shape index (κ2) is 4.37. The fourth-order valence-electron chi connectivity index (χ4n) is 1.55. The van der Waals surface area contributed by atoms with Crippen molar-refractivity contribution in [3.8, 4) is 0 Å². The van der Waals surface area contributed by atoms with Crippen LogP contribution in [0.15, 0.2) is 12.5 Å². The van der Waals surface area contributed by atoms with Crippen LogP contribution < -0.4 is 5.32 Å². The second-order valence-corrected chi connectivity index (χ2v) is 3.40. The van der Waals surface area contributed by atoms with Crippen molar-refractivity contribution in [2.45, 2.75) is 13.5 Å². The first kappa shape index (κ1) is 10.1. The molecule has 2 rings (SSSR count). The number of hydrogen-bond donors (Lipinski definition) is 3. The van der Waals surface area contributed by atoms with Crippen molar-refractivity contribution in [1.29, 1.82) is 0 Å². The summed E-state index contributed by atoms with van der Waals surface area (Å²) in [5, 5.41) is 11.8. The lowest BCUT2D eigenvalue weighted by Crippen LogP contribution is -2.17. The molecule has 0 unspecified atom stereocenters. The van der Waals surface area contributed by atoms with Crippen molar-refractivity contribution in [2.24, 2.45) is 0 Å². The highest BCUT2D eigenvalue weighted by atomic mass is 16.3. The molecule has 0 amide bonds. The number of aryl methyl sites for hydroxylation is 1. The van der Waals surface area contributed by atoms with Crippen LogP contribution in [0.25, 0.3) is 11.0 Å². The molecule has 2 aromatic heterocycles. The number of aromatic amines is 1. The number of aromatic nitrogens is 3. The summed E-state index contributed by atoms with van der Waals surface area (Å²) in [6, 6.07) is 0. The molecule has 5 heteroatoms. The number of nitrogens with zero attached hydrogens (tertiary/aromatic N) is 2. The molecule has 2 aromatic rings. The van der Waals surface area contributed by atoms with Crippen molar-refractivity contribution in [2.75, 3.05) is 13.2 Å². The molecular formula is C10H14N4O. The van der Waals surface area contributed by atoms with E-state index in [2.05, 4.69) is 20.3 Å². The van der Waals surface area contributed by atoms with Crippen LogP contribution >= 0.6 is 0 Å². The van der Waals surface area contributed by atoms with Gasteiger partial charge in [-0.2, -0.15) is 0 Å². The van der Waals surface area contributed by atoms with Gasteiger partial charge in [0.25, 0.3) is 0 Å². The topological polar surface area (TPSA) is 73.8 Å². The van der Waals surface area contributed by atoms with Gasteiger partial charge >= 0.3 is 0 Å². The molecular weight excluding hydrogens is 192 g/mol. The third kappa shape index (κ3) is 1.98. The summed E-state index contributed by atoms with van der Waals surface area (Å²) in [6.45, 7) is 3.40. The Balaban J connectivity index is 2.25. The molecule has 0 aliphatic heterocycles. The minimum Gasteiger partial charge on any atom is -0.395 e. The molecule has 80 valence electrons. The summed E-state index contributed by atoms with van der Waals surface area (Å²) in [4.78, 5) is 11.5. The van der Waals surface area contributed by atoms with Gasteiger partial charge in [0.1, 0.15) is 6.33 Å². The lowest BCUT2D eigenvalue weighted by Gasteiger charge is -2.00. The van der Waals surface area contributed by atoms with Gasteiger partial charge in [-0.3, -0.25) is 0 Å². The van der Waals surface area contributed by atoms with Crippen LogP contribution in [0.2, 0.25) is 0 Å². The summed E-state index contributed by atoms with van der Waals surface area (Å²) >= 11 is 0. The molecule has 0 spiro atoms. The van der Waals surface area contributed by atoms with Crippen LogP contribution in [0.4, 0.5) is 0 Å². The maximum Gasteiger partial charge on any atom is 0.116 e. The molecule has 15 heavy (non-hydrogen) atoms. The van der Waals surface area contributed by atoms with E-state index < -0.39 is 0 Å². The molecule has 0 bridgehead atoms. The minimum atomic E-state index is 0.149. The number of aliphatic hydroxyl groups excluding tert-OH is 1. The van der Waals surface area contributed by atoms with Crippen molar-refractivity contribution in [3.05, 3.63) is 23.8 Å². The van der Waals surface area contributed by atoms with Crippen LogP contribution in [-0.4, -0.2) is 33.2 Å². The highest BCUT2D eigenvalue weighted by molar-refractivity contribution is 5.80. The van der Waals surface area contributed by atoms with Crippen LogP contribution in [0.5, 0.6) is 0 Å². The Kier molecular flexibility index (Phi) is 2.94. The van der Waals surface area contributed by atoms with E-state index in [1.54, 1.807) is 6.33 Å². The summed E-state index contributed by atoms with van der Waals surface area (Å²) in [5.74, 6) is 0. The number of fused-ring (bicyclic) bond motifs is 1. The van der Waals surface area contributed by atoms with E-state index in [-0.39, 0.29) is 6.61 Å². The Morgan fingerprint density at radius 2 is 2.33 bits per heavy atom. The normalized spacial score (nSPS) is 11.1. The molecule has 5 nitrogen and oxygen atoms in total. The molecule has 0 radical (unpaired) electrons. The highest BCUT2D eigenvalue weighted by Crippen LogP contribution is 2.16. The van der Waals surface area contributed by atoms with Gasteiger partial charge in [-0.15, -0.1) is 0 Å². The third-order valence-corrected chi connectivity index (χ3v) is 2.34. The molecule has 0 fully saturated rings. The average Bonchev–Trinajstić information content (AvgIpc) is 2.64. The van der Waals surface area contributed by atoms with E-state index in [4.69, 9.17) is 5.11 Å². The van der Waals surface area contributed by atoms with Gasteiger partial charge < -0.3 is 15.4 Å². The van der Waals surface area contributed by atoms with Gasteiger partial charge in [0.05, 0.1) is 23.3 Å². The summed E-state index contributed by atoms with van der Waals surface area (Å²) < 4.78 is 0. The lowest BCUT2D eigenvalue weighted by molar-refractivity contribution is 0.292. The Morgan fingerprint density at radius 1 is 1.47 bits per heavy atom.